The number of hydrogen-bond donors (Lipinski definition) is 2. The van der Waals surface area contributed by atoms with Crippen molar-refractivity contribution in [3.8, 4) is 5.75 Å². The van der Waals surface area contributed by atoms with E-state index in [1.165, 1.54) is 19.2 Å². The van der Waals surface area contributed by atoms with Crippen molar-refractivity contribution in [3.05, 3.63) is 29.1 Å². The van der Waals surface area contributed by atoms with Crippen LogP contribution in [0.4, 0.5) is 4.39 Å². The van der Waals surface area contributed by atoms with E-state index in [0.717, 1.165) is 5.56 Å². The van der Waals surface area contributed by atoms with Crippen molar-refractivity contribution in [2.75, 3.05) is 7.11 Å². The summed E-state index contributed by atoms with van der Waals surface area (Å²) in [5.41, 5.74) is 6.83. The van der Waals surface area contributed by atoms with Crippen molar-refractivity contribution in [2.45, 2.75) is 25.8 Å². The molecule has 0 saturated carbocycles. The molecule has 0 radical (unpaired) electrons. The molecule has 0 spiro atoms. The van der Waals surface area contributed by atoms with Gasteiger partial charge in [0.05, 0.1) is 7.11 Å². The van der Waals surface area contributed by atoms with E-state index in [-0.39, 0.29) is 6.42 Å². The van der Waals surface area contributed by atoms with Gasteiger partial charge in [0.15, 0.2) is 0 Å². The molecule has 0 aliphatic carbocycles. The summed E-state index contributed by atoms with van der Waals surface area (Å²) in [5, 5.41) is 8.75. The molecule has 0 saturated heterocycles. The van der Waals surface area contributed by atoms with Crippen LogP contribution in [0.1, 0.15) is 18.1 Å². The summed E-state index contributed by atoms with van der Waals surface area (Å²) < 4.78 is 18.4. The van der Waals surface area contributed by atoms with Crippen molar-refractivity contribution in [1.29, 1.82) is 0 Å². The topological polar surface area (TPSA) is 72.6 Å². The van der Waals surface area contributed by atoms with Gasteiger partial charge >= 0.3 is 5.97 Å². The number of nitrogens with two attached hydrogens (primary N) is 1. The molecule has 0 aliphatic heterocycles. The van der Waals surface area contributed by atoms with E-state index < -0.39 is 17.8 Å². The normalized spacial score (nSPS) is 12.2. The molecule has 1 aromatic rings. The lowest BCUT2D eigenvalue weighted by molar-refractivity contribution is -0.138. The molecule has 94 valence electrons. The lowest BCUT2D eigenvalue weighted by atomic mass is 9.98. The van der Waals surface area contributed by atoms with E-state index in [4.69, 9.17) is 15.6 Å². The van der Waals surface area contributed by atoms with Gasteiger partial charge in [-0.05, 0) is 30.0 Å². The second kappa shape index (κ2) is 5.63. The SMILES string of the molecule is CCc1c(CC(N)C(=O)O)cc(F)cc1OC. The van der Waals surface area contributed by atoms with Gasteiger partial charge in [0.1, 0.15) is 17.6 Å². The van der Waals surface area contributed by atoms with Gasteiger partial charge in [-0.1, -0.05) is 6.92 Å². The van der Waals surface area contributed by atoms with Gasteiger partial charge in [0, 0.05) is 6.07 Å². The molecule has 0 amide bonds. The highest BCUT2D eigenvalue weighted by atomic mass is 19.1. The number of carbonyl (C=O) groups is 1. The summed E-state index contributed by atoms with van der Waals surface area (Å²) in [6.45, 7) is 1.89. The highest BCUT2D eigenvalue weighted by Gasteiger charge is 2.17. The number of hydrogen-bond acceptors (Lipinski definition) is 3. The molecule has 0 fully saturated rings. The van der Waals surface area contributed by atoms with Gasteiger partial charge in [-0.25, -0.2) is 4.39 Å². The van der Waals surface area contributed by atoms with Gasteiger partial charge in [0.25, 0.3) is 0 Å². The lowest BCUT2D eigenvalue weighted by Crippen LogP contribution is -2.32. The number of carboxylic acid groups (broad SMARTS) is 1. The lowest BCUT2D eigenvalue weighted by Gasteiger charge is -2.14. The van der Waals surface area contributed by atoms with E-state index in [2.05, 4.69) is 0 Å². The van der Waals surface area contributed by atoms with Gasteiger partial charge in [0.2, 0.25) is 0 Å². The Kier molecular flexibility index (Phi) is 4.45. The molecule has 5 heteroatoms. The summed E-state index contributed by atoms with van der Waals surface area (Å²) in [4.78, 5) is 10.7. The standard InChI is InChI=1S/C12H16FNO3/c1-3-9-7(5-10(14)12(15)16)4-8(13)6-11(9)17-2/h4,6,10H,3,5,14H2,1-2H3,(H,15,16). The average molecular weight is 241 g/mol. The molecule has 1 unspecified atom stereocenters. The number of halogens is 1. The van der Waals surface area contributed by atoms with E-state index in [1.54, 1.807) is 0 Å². The van der Waals surface area contributed by atoms with E-state index >= 15 is 0 Å². The highest BCUT2D eigenvalue weighted by Crippen LogP contribution is 2.25. The quantitative estimate of drug-likeness (QED) is 0.816. The molecule has 1 atom stereocenters. The monoisotopic (exact) mass is 241 g/mol. The molecule has 1 rings (SSSR count). The Morgan fingerprint density at radius 3 is 2.71 bits per heavy atom. The Labute approximate surface area is 99.2 Å². The molecule has 0 heterocycles. The second-order valence-electron chi connectivity index (χ2n) is 3.75. The predicted octanol–water partition coefficient (Wildman–Crippen LogP) is 1.35. The largest absolute Gasteiger partial charge is 0.496 e. The van der Waals surface area contributed by atoms with Gasteiger partial charge in [-0.2, -0.15) is 0 Å². The average Bonchev–Trinajstić information content (AvgIpc) is 2.27. The first-order valence-corrected chi connectivity index (χ1v) is 5.33. The Balaban J connectivity index is 3.12. The minimum absolute atomic E-state index is 0.0899. The van der Waals surface area contributed by atoms with Crippen LogP contribution in [0.25, 0.3) is 0 Å². The van der Waals surface area contributed by atoms with Crippen molar-refractivity contribution >= 4 is 5.97 Å². The molecule has 17 heavy (non-hydrogen) atoms. The summed E-state index contributed by atoms with van der Waals surface area (Å²) >= 11 is 0. The maximum Gasteiger partial charge on any atom is 0.320 e. The summed E-state index contributed by atoms with van der Waals surface area (Å²) in [6, 6.07) is 1.56. The fourth-order valence-electron chi connectivity index (χ4n) is 1.76. The summed E-state index contributed by atoms with van der Waals surface area (Å²) in [6.07, 6.45) is 0.720. The van der Waals surface area contributed by atoms with Crippen LogP contribution in [0.2, 0.25) is 0 Å². The minimum Gasteiger partial charge on any atom is -0.496 e. The third kappa shape index (κ3) is 3.17. The van der Waals surface area contributed by atoms with Crippen molar-refractivity contribution < 1.29 is 19.0 Å². The van der Waals surface area contributed by atoms with E-state index in [0.29, 0.717) is 17.7 Å². The zero-order valence-electron chi connectivity index (χ0n) is 9.87. The molecular weight excluding hydrogens is 225 g/mol. The van der Waals surface area contributed by atoms with E-state index in [9.17, 15) is 9.18 Å². The van der Waals surface area contributed by atoms with E-state index in [1.807, 2.05) is 6.92 Å². The first-order valence-electron chi connectivity index (χ1n) is 5.33. The molecule has 4 nitrogen and oxygen atoms in total. The number of aliphatic carboxylic acids is 1. The van der Waals surface area contributed by atoms with Crippen molar-refractivity contribution in [2.24, 2.45) is 5.73 Å². The number of benzene rings is 1. The Morgan fingerprint density at radius 2 is 2.24 bits per heavy atom. The third-order valence-corrected chi connectivity index (χ3v) is 2.60. The zero-order valence-corrected chi connectivity index (χ0v) is 9.87. The first-order chi connectivity index (χ1) is 7.99. The fraction of sp³-hybridized carbons (Fsp3) is 0.417. The summed E-state index contributed by atoms with van der Waals surface area (Å²) in [5.74, 6) is -1.12. The van der Waals surface area contributed by atoms with Gasteiger partial charge in [-0.3, -0.25) is 4.79 Å². The Hall–Kier alpha value is -1.62. The number of methoxy groups -OCH3 is 1. The molecular formula is C12H16FNO3. The number of rotatable bonds is 5. The molecule has 1 aromatic carbocycles. The second-order valence-corrected chi connectivity index (χ2v) is 3.75. The molecule has 3 N–H and O–H groups in total. The molecule has 0 bridgehead atoms. The van der Waals surface area contributed by atoms with Gasteiger partial charge < -0.3 is 15.6 Å². The highest BCUT2D eigenvalue weighted by molar-refractivity contribution is 5.73. The smallest absolute Gasteiger partial charge is 0.320 e. The first kappa shape index (κ1) is 13.4. The van der Waals surface area contributed by atoms with Crippen LogP contribution in [0.3, 0.4) is 0 Å². The molecule has 0 aromatic heterocycles. The van der Waals surface area contributed by atoms with Crippen LogP contribution in [0.15, 0.2) is 12.1 Å². The fourth-order valence-corrected chi connectivity index (χ4v) is 1.76. The zero-order chi connectivity index (χ0) is 13.0. The number of ether oxygens (including phenoxy) is 1. The van der Waals surface area contributed by atoms with Crippen LogP contribution < -0.4 is 10.5 Å². The van der Waals surface area contributed by atoms with Crippen LogP contribution >= 0.6 is 0 Å². The third-order valence-electron chi connectivity index (χ3n) is 2.60. The summed E-state index contributed by atoms with van der Waals surface area (Å²) in [7, 11) is 1.45. The Bertz CT molecular complexity index is 420. The maximum atomic E-state index is 13.3. The van der Waals surface area contributed by atoms with Crippen LogP contribution in [-0.2, 0) is 17.6 Å². The van der Waals surface area contributed by atoms with Crippen LogP contribution in [-0.4, -0.2) is 24.2 Å². The Morgan fingerprint density at radius 1 is 1.59 bits per heavy atom. The maximum absolute atomic E-state index is 13.3. The van der Waals surface area contributed by atoms with Crippen LogP contribution in [0.5, 0.6) is 5.75 Å². The minimum atomic E-state index is -1.10. The van der Waals surface area contributed by atoms with Crippen molar-refractivity contribution in [1.82, 2.24) is 0 Å². The van der Waals surface area contributed by atoms with Gasteiger partial charge in [-0.15, -0.1) is 0 Å². The molecule has 0 aliphatic rings. The van der Waals surface area contributed by atoms with Crippen LogP contribution in [0, 0.1) is 5.82 Å². The van der Waals surface area contributed by atoms with Crippen molar-refractivity contribution in [3.63, 3.8) is 0 Å². The number of carboxylic acids is 1. The predicted molar refractivity (Wildman–Crippen MR) is 61.6 cm³/mol.